The number of nitrogens with zero attached hydrogens (tertiary/aromatic N) is 1. The van der Waals surface area contributed by atoms with Crippen LogP contribution in [0.25, 0.3) is 0 Å². The third kappa shape index (κ3) is 3.28. The van der Waals surface area contributed by atoms with Crippen molar-refractivity contribution in [2.75, 3.05) is 18.4 Å². The molecule has 1 aromatic rings. The zero-order valence-electron chi connectivity index (χ0n) is 12.4. The van der Waals surface area contributed by atoms with Crippen molar-refractivity contribution in [1.29, 1.82) is 0 Å². The molecule has 3 heteroatoms. The van der Waals surface area contributed by atoms with Gasteiger partial charge in [-0.1, -0.05) is 24.6 Å². The number of likely N-dealkylation sites (tertiary alicyclic amines) is 1. The second-order valence-corrected chi connectivity index (χ2v) is 5.90. The first-order chi connectivity index (χ1) is 8.97. The van der Waals surface area contributed by atoms with Crippen LogP contribution in [0.3, 0.4) is 0 Å². The number of piperidine rings is 1. The number of carbonyl (C=O) groups excluding carboxylic acids is 1. The van der Waals surface area contributed by atoms with Crippen molar-refractivity contribution in [3.05, 3.63) is 28.8 Å². The van der Waals surface area contributed by atoms with Crippen LogP contribution in [0.2, 0.25) is 0 Å². The largest absolute Gasteiger partial charge is 0.324 e. The molecule has 1 saturated heterocycles. The lowest BCUT2D eigenvalue weighted by Gasteiger charge is -2.31. The van der Waals surface area contributed by atoms with Crippen molar-refractivity contribution >= 4 is 11.7 Å². The van der Waals surface area contributed by atoms with Crippen molar-refractivity contribution in [1.82, 2.24) is 4.90 Å². The second-order valence-electron chi connectivity index (χ2n) is 5.90. The van der Waals surface area contributed by atoms with E-state index >= 15 is 0 Å². The molecular formula is C16H24N2O. The summed E-state index contributed by atoms with van der Waals surface area (Å²) in [6.07, 6.45) is 2.34. The number of nitrogens with one attached hydrogen (secondary N) is 1. The summed E-state index contributed by atoms with van der Waals surface area (Å²) >= 11 is 0. The Morgan fingerprint density at radius 2 is 1.89 bits per heavy atom. The highest BCUT2D eigenvalue weighted by molar-refractivity contribution is 5.91. The molecule has 3 nitrogen and oxygen atoms in total. The van der Waals surface area contributed by atoms with E-state index in [2.05, 4.69) is 45.1 Å². The number of hydrogen-bond donors (Lipinski definition) is 1. The first-order valence-electron chi connectivity index (χ1n) is 7.11. The van der Waals surface area contributed by atoms with E-state index in [0.717, 1.165) is 36.3 Å². The first-order valence-corrected chi connectivity index (χ1v) is 7.11. The first kappa shape index (κ1) is 13.9. The Labute approximate surface area is 116 Å². The molecule has 0 saturated carbocycles. The molecule has 1 heterocycles. The van der Waals surface area contributed by atoms with Gasteiger partial charge in [0.25, 0.3) is 0 Å². The summed E-state index contributed by atoms with van der Waals surface area (Å²) in [5.74, 6) is 0.611. The van der Waals surface area contributed by atoms with Crippen molar-refractivity contribution in [2.45, 2.75) is 40.5 Å². The molecule has 0 aliphatic carbocycles. The predicted molar refractivity (Wildman–Crippen MR) is 79.6 cm³/mol. The van der Waals surface area contributed by atoms with Crippen LogP contribution in [-0.2, 0) is 0 Å². The number of carbonyl (C=O) groups is 1. The van der Waals surface area contributed by atoms with E-state index < -0.39 is 0 Å². The van der Waals surface area contributed by atoms with Crippen LogP contribution in [0.5, 0.6) is 0 Å². The summed E-state index contributed by atoms with van der Waals surface area (Å²) < 4.78 is 0. The Kier molecular flexibility index (Phi) is 4.13. The Balaban J connectivity index is 2.10. The molecule has 2 amide bonds. The van der Waals surface area contributed by atoms with Gasteiger partial charge in [0, 0.05) is 18.8 Å². The van der Waals surface area contributed by atoms with Gasteiger partial charge in [0.1, 0.15) is 0 Å². The Hall–Kier alpha value is -1.51. The normalized spacial score (nSPS) is 19.4. The van der Waals surface area contributed by atoms with Crippen molar-refractivity contribution < 1.29 is 4.79 Å². The van der Waals surface area contributed by atoms with Gasteiger partial charge in [0.05, 0.1) is 0 Å². The van der Waals surface area contributed by atoms with Gasteiger partial charge in [0.2, 0.25) is 0 Å². The van der Waals surface area contributed by atoms with E-state index in [1.165, 1.54) is 12.0 Å². The minimum atomic E-state index is 0.0432. The molecule has 0 radical (unpaired) electrons. The van der Waals surface area contributed by atoms with Crippen LogP contribution in [0, 0.1) is 26.7 Å². The highest BCUT2D eigenvalue weighted by Crippen LogP contribution is 2.23. The molecule has 1 aliphatic rings. The quantitative estimate of drug-likeness (QED) is 0.816. The van der Waals surface area contributed by atoms with E-state index in [0.29, 0.717) is 5.92 Å². The predicted octanol–water partition coefficient (Wildman–Crippen LogP) is 3.88. The average Bonchev–Trinajstić information content (AvgIpc) is 2.33. The van der Waals surface area contributed by atoms with Crippen LogP contribution < -0.4 is 5.32 Å². The van der Waals surface area contributed by atoms with Crippen molar-refractivity contribution in [3.8, 4) is 0 Å². The fraction of sp³-hybridized carbons (Fsp3) is 0.562. The smallest absolute Gasteiger partial charge is 0.321 e. The van der Waals surface area contributed by atoms with Gasteiger partial charge in [-0.2, -0.15) is 0 Å². The zero-order chi connectivity index (χ0) is 14.0. The number of anilines is 1. The molecule has 1 aromatic carbocycles. The summed E-state index contributed by atoms with van der Waals surface area (Å²) in [6.45, 7) is 10.1. The minimum Gasteiger partial charge on any atom is -0.324 e. The van der Waals surface area contributed by atoms with Crippen LogP contribution in [0.15, 0.2) is 12.1 Å². The topological polar surface area (TPSA) is 32.3 Å². The van der Waals surface area contributed by atoms with Crippen molar-refractivity contribution in [3.63, 3.8) is 0 Å². The zero-order valence-corrected chi connectivity index (χ0v) is 12.4. The Morgan fingerprint density at radius 1 is 1.26 bits per heavy atom. The van der Waals surface area contributed by atoms with E-state index in [9.17, 15) is 4.79 Å². The molecule has 19 heavy (non-hydrogen) atoms. The molecule has 1 N–H and O–H groups in total. The van der Waals surface area contributed by atoms with Gasteiger partial charge in [0.15, 0.2) is 0 Å². The summed E-state index contributed by atoms with van der Waals surface area (Å²) in [5, 5.41) is 3.08. The molecule has 1 unspecified atom stereocenters. The summed E-state index contributed by atoms with van der Waals surface area (Å²) in [5.41, 5.74) is 4.47. The molecule has 1 aliphatic heterocycles. The summed E-state index contributed by atoms with van der Waals surface area (Å²) in [6, 6.07) is 4.27. The molecule has 0 aromatic heterocycles. The van der Waals surface area contributed by atoms with Crippen LogP contribution in [0.4, 0.5) is 10.5 Å². The molecule has 2 rings (SSSR count). The third-order valence-corrected chi connectivity index (χ3v) is 3.85. The molecule has 1 fully saturated rings. The van der Waals surface area contributed by atoms with Crippen LogP contribution in [-0.4, -0.2) is 24.0 Å². The van der Waals surface area contributed by atoms with Gasteiger partial charge in [-0.25, -0.2) is 4.79 Å². The summed E-state index contributed by atoms with van der Waals surface area (Å²) in [4.78, 5) is 14.3. The number of hydrogen-bond acceptors (Lipinski definition) is 1. The number of rotatable bonds is 1. The fourth-order valence-corrected chi connectivity index (χ4v) is 2.94. The third-order valence-electron chi connectivity index (χ3n) is 3.85. The highest BCUT2D eigenvalue weighted by Gasteiger charge is 2.21. The standard InChI is InChI=1S/C16H24N2O/c1-11-6-5-7-18(10-11)16(19)17-15-13(3)8-12(2)9-14(15)4/h8-9,11H,5-7,10H2,1-4H3,(H,17,19). The van der Waals surface area contributed by atoms with Gasteiger partial charge < -0.3 is 10.2 Å². The maximum absolute atomic E-state index is 12.3. The molecule has 1 atom stereocenters. The Morgan fingerprint density at radius 3 is 2.47 bits per heavy atom. The molecular weight excluding hydrogens is 236 g/mol. The SMILES string of the molecule is Cc1cc(C)c(NC(=O)N2CCCC(C)C2)c(C)c1. The van der Waals surface area contributed by atoms with Gasteiger partial charge in [-0.15, -0.1) is 0 Å². The lowest BCUT2D eigenvalue weighted by atomic mass is 10.0. The second kappa shape index (κ2) is 5.64. The minimum absolute atomic E-state index is 0.0432. The lowest BCUT2D eigenvalue weighted by molar-refractivity contribution is 0.182. The summed E-state index contributed by atoms with van der Waals surface area (Å²) in [7, 11) is 0. The maximum atomic E-state index is 12.3. The molecule has 104 valence electrons. The highest BCUT2D eigenvalue weighted by atomic mass is 16.2. The monoisotopic (exact) mass is 260 g/mol. The van der Waals surface area contributed by atoms with Gasteiger partial charge >= 0.3 is 6.03 Å². The van der Waals surface area contributed by atoms with Gasteiger partial charge in [-0.05, 0) is 50.7 Å². The fourth-order valence-electron chi connectivity index (χ4n) is 2.94. The van der Waals surface area contributed by atoms with Crippen LogP contribution >= 0.6 is 0 Å². The van der Waals surface area contributed by atoms with Crippen molar-refractivity contribution in [2.24, 2.45) is 5.92 Å². The van der Waals surface area contributed by atoms with E-state index in [1.807, 2.05) is 4.90 Å². The maximum Gasteiger partial charge on any atom is 0.321 e. The van der Waals surface area contributed by atoms with Gasteiger partial charge in [-0.3, -0.25) is 0 Å². The average molecular weight is 260 g/mol. The molecule has 0 spiro atoms. The van der Waals surface area contributed by atoms with Crippen LogP contribution in [0.1, 0.15) is 36.5 Å². The number of aryl methyl sites for hydroxylation is 3. The number of urea groups is 1. The Bertz CT molecular complexity index is 459. The van der Waals surface area contributed by atoms with E-state index in [4.69, 9.17) is 0 Å². The van der Waals surface area contributed by atoms with E-state index in [1.54, 1.807) is 0 Å². The van der Waals surface area contributed by atoms with E-state index in [-0.39, 0.29) is 6.03 Å². The number of benzene rings is 1. The number of amides is 2. The molecule has 0 bridgehead atoms. The lowest BCUT2D eigenvalue weighted by Crippen LogP contribution is -2.41.